The third-order valence-electron chi connectivity index (χ3n) is 11.6. The van der Waals surface area contributed by atoms with E-state index in [4.69, 9.17) is 5.73 Å². The van der Waals surface area contributed by atoms with Crippen LogP contribution in [0, 0.1) is 50.2 Å². The highest BCUT2D eigenvalue weighted by molar-refractivity contribution is 6.03. The number of carbonyl (C=O) groups excluding carboxylic acids is 4. The Morgan fingerprint density at radius 2 is 1.11 bits per heavy atom. The van der Waals surface area contributed by atoms with Gasteiger partial charge in [0.05, 0.1) is 30.3 Å². The zero-order chi connectivity index (χ0) is 54.5. The summed E-state index contributed by atoms with van der Waals surface area (Å²) >= 11 is 0. The molecule has 0 aliphatic carbocycles. The van der Waals surface area contributed by atoms with Gasteiger partial charge in [0.15, 0.2) is 0 Å². The molecule has 13 nitrogen and oxygen atoms in total. The number of ether oxygens (including phenoxy) is 1. The van der Waals surface area contributed by atoms with E-state index in [1.807, 2.05) is 13.8 Å². The van der Waals surface area contributed by atoms with Crippen LogP contribution in [0.3, 0.4) is 0 Å². The molecule has 0 aromatic rings. The summed E-state index contributed by atoms with van der Waals surface area (Å²) in [5.74, 6) is -2.43. The Kier molecular flexibility index (Phi) is 28.7. The van der Waals surface area contributed by atoms with Crippen LogP contribution in [0.5, 0.6) is 0 Å². The molecule has 2 amide bonds. The molecule has 7 N–H and O–H groups in total. The number of esters is 2. The van der Waals surface area contributed by atoms with Crippen molar-refractivity contribution in [3.8, 4) is 0 Å². The molecule has 406 valence electrons. The first-order valence-corrected chi connectivity index (χ1v) is 26.1. The van der Waals surface area contributed by atoms with Crippen LogP contribution in [0.4, 0.5) is 0 Å². The first-order chi connectivity index (χ1) is 31.8. The van der Waals surface area contributed by atoms with Gasteiger partial charge in [0, 0.05) is 52.2 Å². The SMILES string of the molecule is C/C(=C\C(C)(C)CC(C)(C)C)CC(CCNCC(C)O)C(=O)O.C/C(=C\C(C)(C)CC(C)(C)C)CC1CC(=O)N(CCNCCNCCN)C1=O.C/C(=C\C(C)(C)CC(C)(C)C)CC1CC(=O)OC1=O. The van der Waals surface area contributed by atoms with Gasteiger partial charge in [-0.1, -0.05) is 139 Å². The van der Waals surface area contributed by atoms with E-state index < -0.39 is 18.0 Å². The molecule has 0 aromatic heterocycles. The molecule has 2 rings (SSSR count). The molecule has 2 aliphatic rings. The van der Waals surface area contributed by atoms with Crippen molar-refractivity contribution in [3.63, 3.8) is 0 Å². The standard InChI is InChI=1S/C22H42N4O2.C19H37NO3.C16H26O3/c1-17(15-22(5,6)16-21(2,3)4)13-18-14-19(27)26(20(18)28)12-11-25-10-9-24-8-7-23;1-14(11-19(6,7)13-18(3,4)5)10-16(17(22)23)8-9-20-12-15(2)21;1-11(7-12-8-13(17)19-14(12)18)9-16(5,6)10-15(2,3)4/h15,18,24-25H,7-14,16,23H2,1-6H3;11,15-16,20-21H,8-10,12-13H2,1-7H3,(H,22,23);9,12H,7-8,10H2,1-6H3/b17-15+;14-11+;11-9+. The van der Waals surface area contributed by atoms with Crippen LogP contribution in [-0.4, -0.2) is 103 Å². The fraction of sp³-hybridized carbons (Fsp3) is 0.807. The molecule has 2 heterocycles. The number of imide groups is 1. The van der Waals surface area contributed by atoms with Crippen molar-refractivity contribution in [2.75, 3.05) is 52.4 Å². The number of rotatable bonds is 26. The first-order valence-electron chi connectivity index (χ1n) is 26.1. The summed E-state index contributed by atoms with van der Waals surface area (Å²) in [5, 5.41) is 28.2. The van der Waals surface area contributed by atoms with E-state index >= 15 is 0 Å². The fourth-order valence-corrected chi connectivity index (χ4v) is 11.0. The number of amides is 2. The summed E-state index contributed by atoms with van der Waals surface area (Å²) < 4.78 is 4.58. The van der Waals surface area contributed by atoms with Gasteiger partial charge in [0.25, 0.3) is 0 Å². The number of aliphatic hydroxyl groups is 1. The number of nitrogens with two attached hydrogens (primary N) is 1. The molecule has 0 aromatic carbocycles. The van der Waals surface area contributed by atoms with Crippen LogP contribution in [0.2, 0.25) is 0 Å². The zero-order valence-electron chi connectivity index (χ0n) is 47.9. The molecule has 2 fully saturated rings. The molecule has 0 saturated carbocycles. The molecule has 2 aliphatic heterocycles. The van der Waals surface area contributed by atoms with Gasteiger partial charge in [-0.15, -0.1) is 0 Å². The summed E-state index contributed by atoms with van der Waals surface area (Å²) in [7, 11) is 0. The van der Waals surface area contributed by atoms with Crippen molar-refractivity contribution in [1.82, 2.24) is 20.9 Å². The lowest BCUT2D eigenvalue weighted by atomic mass is 9.75. The van der Waals surface area contributed by atoms with Crippen molar-refractivity contribution < 1.29 is 38.9 Å². The van der Waals surface area contributed by atoms with Gasteiger partial charge in [0.1, 0.15) is 0 Å². The van der Waals surface area contributed by atoms with Crippen LogP contribution < -0.4 is 21.7 Å². The van der Waals surface area contributed by atoms with Crippen molar-refractivity contribution in [3.05, 3.63) is 34.9 Å². The van der Waals surface area contributed by atoms with Crippen molar-refractivity contribution in [2.24, 2.45) is 56.0 Å². The number of carboxylic acids is 1. The number of likely N-dealkylation sites (tertiary alicyclic amines) is 1. The van der Waals surface area contributed by atoms with E-state index in [0.29, 0.717) is 64.8 Å². The number of hydrogen-bond donors (Lipinski definition) is 6. The van der Waals surface area contributed by atoms with Crippen LogP contribution in [0.25, 0.3) is 0 Å². The lowest BCUT2D eigenvalue weighted by Crippen LogP contribution is -2.38. The van der Waals surface area contributed by atoms with E-state index in [-0.39, 0.29) is 74.4 Å². The maximum Gasteiger partial charge on any atom is 0.317 e. The molecule has 4 unspecified atom stereocenters. The van der Waals surface area contributed by atoms with Gasteiger partial charge < -0.3 is 36.6 Å². The smallest absolute Gasteiger partial charge is 0.317 e. The zero-order valence-corrected chi connectivity index (χ0v) is 47.9. The van der Waals surface area contributed by atoms with E-state index in [1.165, 1.54) is 10.5 Å². The number of nitrogens with one attached hydrogen (secondary N) is 3. The third-order valence-corrected chi connectivity index (χ3v) is 11.6. The topological polar surface area (TPSA) is 200 Å². The van der Waals surface area contributed by atoms with E-state index in [0.717, 1.165) is 50.0 Å². The van der Waals surface area contributed by atoms with Gasteiger partial charge in [-0.25, -0.2) is 0 Å². The number of allylic oxidation sites excluding steroid dienone is 6. The van der Waals surface area contributed by atoms with E-state index in [1.54, 1.807) is 6.92 Å². The predicted octanol–water partition coefficient (Wildman–Crippen LogP) is 10.0. The Morgan fingerprint density at radius 1 is 0.671 bits per heavy atom. The van der Waals surface area contributed by atoms with Crippen LogP contribution in [0.15, 0.2) is 34.9 Å². The Morgan fingerprint density at radius 3 is 1.51 bits per heavy atom. The van der Waals surface area contributed by atoms with E-state index in [9.17, 15) is 34.2 Å². The number of carboxylic acid groups (broad SMARTS) is 1. The summed E-state index contributed by atoms with van der Waals surface area (Å²) in [6, 6.07) is 0. The molecule has 0 spiro atoms. The molecule has 2 saturated heterocycles. The summed E-state index contributed by atoms with van der Waals surface area (Å²) in [5.41, 5.74) is 9.92. The minimum atomic E-state index is -0.745. The van der Waals surface area contributed by atoms with Crippen LogP contribution in [0.1, 0.15) is 189 Å². The monoisotopic (exact) mass is 988 g/mol. The average Bonchev–Trinajstić information content (AvgIpc) is 3.58. The number of aliphatic hydroxyl groups excluding tert-OH is 1. The molecular formula is C57H105N5O8. The maximum absolute atomic E-state index is 12.7. The van der Waals surface area contributed by atoms with Crippen molar-refractivity contribution in [1.29, 1.82) is 0 Å². The highest BCUT2D eigenvalue weighted by atomic mass is 16.6. The molecule has 4 atom stereocenters. The minimum absolute atomic E-state index is 0.0190. The molecule has 0 radical (unpaired) electrons. The Hall–Kier alpha value is -3.23. The van der Waals surface area contributed by atoms with Crippen LogP contribution in [-0.2, 0) is 28.7 Å². The largest absolute Gasteiger partial charge is 0.481 e. The number of hydrogen-bond acceptors (Lipinski definition) is 11. The fourth-order valence-electron chi connectivity index (χ4n) is 11.0. The van der Waals surface area contributed by atoms with Crippen molar-refractivity contribution in [2.45, 2.75) is 195 Å². The maximum atomic E-state index is 12.7. The normalized spacial score (nSPS) is 18.9. The van der Waals surface area contributed by atoms with Crippen molar-refractivity contribution >= 4 is 29.7 Å². The lowest BCUT2D eigenvalue weighted by Gasteiger charge is -2.30. The van der Waals surface area contributed by atoms with E-state index in [2.05, 4.69) is 150 Å². The van der Waals surface area contributed by atoms with Gasteiger partial charge in [-0.05, 0) is 112 Å². The molecular weight excluding hydrogens is 883 g/mol. The molecule has 13 heteroatoms. The highest BCUT2D eigenvalue weighted by Gasteiger charge is 2.38. The second kappa shape index (κ2) is 30.1. The average molecular weight is 988 g/mol. The first kappa shape index (κ1) is 66.8. The number of cyclic esters (lactones) is 2. The Labute approximate surface area is 426 Å². The minimum Gasteiger partial charge on any atom is -0.481 e. The van der Waals surface area contributed by atoms with Gasteiger partial charge in [0.2, 0.25) is 11.8 Å². The number of nitrogens with zero attached hydrogens (tertiary/aromatic N) is 1. The summed E-state index contributed by atoms with van der Waals surface area (Å²) in [4.78, 5) is 60.3. The number of carbonyl (C=O) groups is 5. The molecule has 70 heavy (non-hydrogen) atoms. The predicted molar refractivity (Wildman–Crippen MR) is 288 cm³/mol. The van der Waals surface area contributed by atoms with Gasteiger partial charge in [-0.2, -0.15) is 0 Å². The summed E-state index contributed by atoms with van der Waals surface area (Å²) in [6.07, 6.45) is 12.6. The molecule has 0 bridgehead atoms. The quantitative estimate of drug-likeness (QED) is 0.0158. The number of aliphatic carboxylic acids is 1. The third kappa shape index (κ3) is 32.7. The van der Waals surface area contributed by atoms with Crippen LogP contribution >= 0.6 is 0 Å². The highest BCUT2D eigenvalue weighted by Crippen LogP contribution is 2.38. The van der Waals surface area contributed by atoms with Gasteiger partial charge in [-0.3, -0.25) is 28.9 Å². The summed E-state index contributed by atoms with van der Waals surface area (Å²) in [6.45, 7) is 46.5. The Bertz CT molecular complexity index is 1740. The second-order valence-electron chi connectivity index (χ2n) is 26.4. The van der Waals surface area contributed by atoms with Gasteiger partial charge >= 0.3 is 17.9 Å². The lowest BCUT2D eigenvalue weighted by molar-refractivity contribution is -0.153. The Balaban J connectivity index is 0.00000104. The second-order valence-corrected chi connectivity index (χ2v) is 26.4.